The van der Waals surface area contributed by atoms with Crippen molar-refractivity contribution in [1.29, 1.82) is 0 Å². The molecule has 0 bridgehead atoms. The molecule has 0 spiro atoms. The lowest BCUT2D eigenvalue weighted by Crippen LogP contribution is -2.82. The van der Waals surface area contributed by atoms with Crippen LogP contribution in [0.4, 0.5) is 5.69 Å². The summed E-state index contributed by atoms with van der Waals surface area (Å²) < 4.78 is 28.8. The Bertz CT molecular complexity index is 2560. The Hall–Kier alpha value is -4.79. The summed E-state index contributed by atoms with van der Waals surface area (Å²) >= 11 is 0. The van der Waals surface area contributed by atoms with Crippen molar-refractivity contribution in [2.24, 2.45) is 0 Å². The number of rotatable bonds is 10. The molecule has 0 saturated carbocycles. The highest BCUT2D eigenvalue weighted by atomic mass is 28.4. The minimum absolute atomic E-state index is 0.343. The number of hydrogen-bond acceptors (Lipinski definition) is 6. The summed E-state index contributed by atoms with van der Waals surface area (Å²) in [4.78, 5) is 19.0. The van der Waals surface area contributed by atoms with E-state index in [2.05, 4.69) is 262 Å². The molecular formula is C71H107N2O5Si+. The Morgan fingerprint density at radius 1 is 0.367 bits per heavy atom. The quantitative estimate of drug-likeness (QED) is 0.141. The van der Waals surface area contributed by atoms with Gasteiger partial charge in [-0.1, -0.05) is 215 Å². The molecule has 8 heteroatoms. The van der Waals surface area contributed by atoms with Crippen LogP contribution in [-0.2, 0) is 53.4 Å². The lowest BCUT2D eigenvalue weighted by Gasteiger charge is -2.46. The summed E-state index contributed by atoms with van der Waals surface area (Å²) in [6, 6.07) is 24.0. The van der Waals surface area contributed by atoms with E-state index in [9.17, 15) is 0 Å². The van der Waals surface area contributed by atoms with Gasteiger partial charge in [-0.2, -0.15) is 0 Å². The maximum atomic E-state index is 16.8. The Labute approximate surface area is 482 Å². The second-order valence-corrected chi connectivity index (χ2v) is 35.3. The van der Waals surface area contributed by atoms with Gasteiger partial charge in [-0.25, -0.2) is 0 Å². The van der Waals surface area contributed by atoms with Gasteiger partial charge in [-0.05, 0) is 78.4 Å². The van der Waals surface area contributed by atoms with Gasteiger partial charge in [0.15, 0.2) is 12.4 Å². The van der Waals surface area contributed by atoms with Crippen molar-refractivity contribution in [2.45, 2.75) is 232 Å². The first-order valence-electron chi connectivity index (χ1n) is 29.1. The van der Waals surface area contributed by atoms with E-state index >= 15 is 4.80 Å². The van der Waals surface area contributed by atoms with E-state index in [1.165, 1.54) is 0 Å². The Morgan fingerprint density at radius 2 is 0.544 bits per heavy atom. The molecule has 0 atom stereocenters. The van der Waals surface area contributed by atoms with Crippen molar-refractivity contribution in [1.82, 2.24) is 0 Å². The first-order chi connectivity index (χ1) is 35.7. The smallest absolute Gasteiger partial charge is 0.496 e. The van der Waals surface area contributed by atoms with Crippen LogP contribution in [0.1, 0.15) is 246 Å². The summed E-state index contributed by atoms with van der Waals surface area (Å²) in [5.41, 5.74) is 11.6. The molecule has 0 unspecified atom stereocenters. The van der Waals surface area contributed by atoms with Crippen molar-refractivity contribution >= 4 is 14.2 Å². The standard InChI is InChI=1S/C71H107N2O5Si/c1-62(2,3)50-37-45(38-51(58(50)75-27)63(4,5)6)70(46-39-52(64(7,8)9)59(76-28)53(40-46)65(10,11)12)33-34-71(79(70,74)73-35-31-49(32-36-73)72(25)26,47-41-54(66(13,14)15)60(77-29)55(42-47)67(16,17)18)48-43-56(68(19,20)21)61(78-30)57(44-48)69(22,23)24/h31-32,35-44,74H,33-34H2,1-30H3/q+1. The zero-order chi connectivity index (χ0) is 60.2. The third kappa shape index (κ3) is 10.9. The zero-order valence-electron chi connectivity index (χ0n) is 55.3. The van der Waals surface area contributed by atoms with Crippen molar-refractivity contribution in [3.63, 3.8) is 0 Å². The molecule has 2 heterocycles. The Morgan fingerprint density at radius 3 is 0.684 bits per heavy atom. The zero-order valence-corrected chi connectivity index (χ0v) is 56.3. The van der Waals surface area contributed by atoms with E-state index in [1.54, 1.807) is 0 Å². The van der Waals surface area contributed by atoms with E-state index in [4.69, 9.17) is 18.9 Å². The van der Waals surface area contributed by atoms with Crippen molar-refractivity contribution in [3.8, 4) is 23.0 Å². The predicted octanol–water partition coefficient (Wildman–Crippen LogP) is 16.6. The minimum atomic E-state index is -4.57. The van der Waals surface area contributed by atoms with Crippen LogP contribution in [-0.4, -0.2) is 55.8 Å². The normalized spacial score (nSPS) is 16.2. The van der Waals surface area contributed by atoms with Crippen LogP contribution in [0, 0.1) is 0 Å². The molecule has 79 heavy (non-hydrogen) atoms. The molecular weight excluding hydrogens is 989 g/mol. The van der Waals surface area contributed by atoms with Crippen LogP contribution in [0.2, 0.25) is 0 Å². The molecule has 1 N–H and O–H groups in total. The molecule has 1 fully saturated rings. The molecule has 5 aromatic rings. The first kappa shape index (κ1) is 63.4. The van der Waals surface area contributed by atoms with E-state index in [0.717, 1.165) is 95.4 Å². The van der Waals surface area contributed by atoms with Gasteiger partial charge >= 0.3 is 8.48 Å². The van der Waals surface area contributed by atoms with Crippen LogP contribution < -0.4 is 28.1 Å². The summed E-state index contributed by atoms with van der Waals surface area (Å²) in [5, 5.41) is -2.13. The van der Waals surface area contributed by atoms with Gasteiger partial charge in [0, 0.05) is 76.4 Å². The van der Waals surface area contributed by atoms with Crippen molar-refractivity contribution < 1.29 is 28.0 Å². The molecule has 0 aliphatic carbocycles. The van der Waals surface area contributed by atoms with E-state index < -0.39 is 18.6 Å². The third-order valence-corrected chi connectivity index (χ3v) is 22.5. The highest BCUT2D eigenvalue weighted by Gasteiger charge is 2.82. The maximum Gasteiger partial charge on any atom is 0.545 e. The summed E-state index contributed by atoms with van der Waals surface area (Å²) in [7, 11) is 6.90. The highest BCUT2D eigenvalue weighted by Crippen LogP contribution is 2.64. The predicted molar refractivity (Wildman–Crippen MR) is 337 cm³/mol. The van der Waals surface area contributed by atoms with Crippen LogP contribution in [0.15, 0.2) is 73.1 Å². The second-order valence-electron chi connectivity index (χ2n) is 31.8. The Kier molecular flexibility index (Phi) is 16.5. The van der Waals surface area contributed by atoms with E-state index in [-0.39, 0.29) is 43.3 Å². The van der Waals surface area contributed by atoms with Gasteiger partial charge in [-0.15, -0.1) is 0 Å². The molecule has 1 saturated heterocycles. The third-order valence-electron chi connectivity index (χ3n) is 17.4. The van der Waals surface area contributed by atoms with Gasteiger partial charge in [0.05, 0.1) is 28.4 Å². The van der Waals surface area contributed by atoms with Gasteiger partial charge in [-0.3, -0.25) is 4.23 Å². The minimum Gasteiger partial charge on any atom is -0.496 e. The molecule has 1 aliphatic rings. The fourth-order valence-corrected chi connectivity index (χ4v) is 18.3. The average molecular weight is 1100 g/mol. The largest absolute Gasteiger partial charge is 0.545 e. The van der Waals surface area contributed by atoms with Crippen molar-refractivity contribution in [3.05, 3.63) is 140 Å². The molecule has 1 aliphatic heterocycles. The monoisotopic (exact) mass is 1100 g/mol. The van der Waals surface area contributed by atoms with Crippen LogP contribution in [0.3, 0.4) is 0 Å². The lowest BCUT2D eigenvalue weighted by molar-refractivity contribution is -0.567. The molecule has 434 valence electrons. The van der Waals surface area contributed by atoms with Gasteiger partial charge in [0.2, 0.25) is 0 Å². The highest BCUT2D eigenvalue weighted by molar-refractivity contribution is 6.73. The van der Waals surface area contributed by atoms with Gasteiger partial charge in [0.1, 0.15) is 33.1 Å². The van der Waals surface area contributed by atoms with Crippen LogP contribution >= 0.6 is 0 Å². The number of ether oxygens (including phenoxy) is 4. The summed E-state index contributed by atoms with van der Waals surface area (Å²) in [5.74, 6) is 3.60. The average Bonchev–Trinajstić information content (AvgIpc) is 3.82. The molecule has 4 aromatic carbocycles. The Balaban J connectivity index is 2.19. The topological polar surface area (TPSA) is 64.3 Å². The molecule has 1 aromatic heterocycles. The fraction of sp³-hybridized carbons (Fsp3) is 0.592. The van der Waals surface area contributed by atoms with Crippen molar-refractivity contribution in [2.75, 3.05) is 47.4 Å². The summed E-state index contributed by atoms with van der Waals surface area (Å²) in [6.07, 6.45) is 5.65. The number of hydrogen-bond donors (Lipinski definition) is 1. The molecule has 7 nitrogen and oxygen atoms in total. The van der Waals surface area contributed by atoms with Crippen LogP contribution in [0.5, 0.6) is 23.0 Å². The van der Waals surface area contributed by atoms with E-state index in [1.807, 2.05) is 28.4 Å². The number of nitrogens with zero attached hydrogens (tertiary/aromatic N) is 2. The van der Waals surface area contributed by atoms with E-state index in [0.29, 0.717) is 12.8 Å². The fourth-order valence-electron chi connectivity index (χ4n) is 13.0. The molecule has 6 rings (SSSR count). The summed E-state index contributed by atoms with van der Waals surface area (Å²) in [6.45, 7) is 55.2. The number of benzene rings is 4. The number of aromatic nitrogens is 1. The SMILES string of the molecule is COc1c(C(C)(C)C)cc(C2(c3cc(C(C)(C)C)c(OC)c(C(C)(C)C)c3)CCC(c3cc(C(C)(C)C)c(OC)c(C(C)(C)C)c3)(c3cc(C(C)(C)C)c(OC)c(C(C)(C)C)c3)[Si]2(O)[n+]2ccc(N(C)C)cc2)cc1C(C)(C)C. The van der Waals surface area contributed by atoms with Gasteiger partial charge < -0.3 is 28.6 Å². The molecule has 0 radical (unpaired) electrons. The number of pyridine rings is 1. The number of anilines is 1. The van der Waals surface area contributed by atoms with Crippen LogP contribution in [0.25, 0.3) is 0 Å². The first-order valence-corrected chi connectivity index (χ1v) is 31.0. The maximum absolute atomic E-state index is 16.8. The molecule has 0 amide bonds. The second kappa shape index (κ2) is 20.6. The van der Waals surface area contributed by atoms with Gasteiger partial charge in [0.25, 0.3) is 0 Å². The lowest BCUT2D eigenvalue weighted by atomic mass is 9.71. The number of methoxy groups -OCH3 is 4.